The Morgan fingerprint density at radius 3 is 2.55 bits per heavy atom. The number of aryl methyl sites for hydroxylation is 1. The van der Waals surface area contributed by atoms with Crippen molar-refractivity contribution >= 4 is 28.8 Å². The third kappa shape index (κ3) is 6.21. The lowest BCUT2D eigenvalue weighted by Gasteiger charge is -2.24. The van der Waals surface area contributed by atoms with Crippen molar-refractivity contribution in [3.8, 4) is 22.3 Å². The summed E-state index contributed by atoms with van der Waals surface area (Å²) in [5.74, 6) is -1.48. The predicted octanol–water partition coefficient (Wildman–Crippen LogP) is 4.42. The molecule has 7 nitrogen and oxygen atoms in total. The monoisotopic (exact) mass is 515 g/mol. The molecule has 0 saturated heterocycles. The Hall–Kier alpha value is -2.71. The number of thiophene rings is 1. The van der Waals surface area contributed by atoms with Crippen molar-refractivity contribution in [1.29, 1.82) is 5.26 Å². The van der Waals surface area contributed by atoms with Gasteiger partial charge in [0, 0.05) is 28.5 Å². The molecule has 2 aromatic heterocycles. The smallest absolute Gasteiger partial charge is 0.417 e. The zero-order valence-electron chi connectivity index (χ0n) is 16.9. The van der Waals surface area contributed by atoms with Gasteiger partial charge in [0.2, 0.25) is 0 Å². The highest BCUT2D eigenvalue weighted by Crippen LogP contribution is 2.42. The highest BCUT2D eigenvalue weighted by molar-refractivity contribution is 7.93. The van der Waals surface area contributed by atoms with Gasteiger partial charge in [-0.05, 0) is 43.3 Å². The largest absolute Gasteiger partial charge is 0.769 e. The molecule has 0 N–H and O–H groups in total. The number of hydrogen-bond acceptors (Lipinski definition) is 8. The van der Waals surface area contributed by atoms with E-state index in [1.165, 1.54) is 12.1 Å². The van der Waals surface area contributed by atoms with Crippen molar-refractivity contribution in [3.63, 3.8) is 0 Å². The average Bonchev–Trinajstić information content (AvgIpc) is 3.23. The van der Waals surface area contributed by atoms with Gasteiger partial charge in [-0.2, -0.15) is 18.4 Å². The van der Waals surface area contributed by atoms with Crippen molar-refractivity contribution in [2.24, 2.45) is 0 Å². The van der Waals surface area contributed by atoms with Gasteiger partial charge in [-0.3, -0.25) is 9.55 Å². The van der Waals surface area contributed by atoms with E-state index >= 15 is 0 Å². The lowest BCUT2D eigenvalue weighted by atomic mass is 10.1. The minimum Gasteiger partial charge on any atom is -0.769 e. The molecule has 0 fully saturated rings. The molecule has 0 radical (unpaired) electrons. The molecule has 3 aromatic rings. The lowest BCUT2D eigenvalue weighted by Crippen LogP contribution is -2.18. The maximum atomic E-state index is 13.0. The molecule has 0 bridgehead atoms. The summed E-state index contributed by atoms with van der Waals surface area (Å²) in [6.45, 7) is 1.80. The summed E-state index contributed by atoms with van der Waals surface area (Å²) in [5.41, 5.74) is -0.563. The molecule has 1 unspecified atom stereocenters. The first-order valence-electron chi connectivity index (χ1n) is 9.17. The Morgan fingerprint density at radius 1 is 1.21 bits per heavy atom. The number of benzene rings is 1. The van der Waals surface area contributed by atoms with Crippen LogP contribution >= 0.6 is 18.9 Å². The Kier molecular flexibility index (Phi) is 7.00. The van der Waals surface area contributed by atoms with Crippen LogP contribution in [-0.2, 0) is 20.6 Å². The van der Waals surface area contributed by atoms with Gasteiger partial charge in [-0.25, -0.2) is 8.42 Å². The zero-order chi connectivity index (χ0) is 24.4. The molecule has 1 aromatic carbocycles. The summed E-state index contributed by atoms with van der Waals surface area (Å²) in [6.07, 6.45) is -4.26. The maximum absolute atomic E-state index is 13.0. The summed E-state index contributed by atoms with van der Waals surface area (Å²) < 4.78 is 81.2. The van der Waals surface area contributed by atoms with E-state index in [2.05, 4.69) is 9.51 Å². The number of hydrogen-bond donors (Lipinski definition) is 0. The van der Waals surface area contributed by atoms with Crippen molar-refractivity contribution in [1.82, 2.24) is 4.98 Å². The van der Waals surface area contributed by atoms with Gasteiger partial charge in [0.15, 0.2) is 17.4 Å². The maximum Gasteiger partial charge on any atom is 0.417 e. The fraction of sp³-hybridized carbons (Fsp3) is 0.200. The van der Waals surface area contributed by atoms with Crippen LogP contribution in [0.5, 0.6) is 5.75 Å². The van der Waals surface area contributed by atoms with Gasteiger partial charge in [0.25, 0.3) is 0 Å². The van der Waals surface area contributed by atoms with Crippen LogP contribution in [0.4, 0.5) is 13.2 Å². The number of nitriles is 1. The summed E-state index contributed by atoms with van der Waals surface area (Å²) in [6, 6.07) is 9.90. The number of alkyl halides is 3. The number of pyridine rings is 1. The van der Waals surface area contributed by atoms with Crippen LogP contribution in [0.1, 0.15) is 16.8 Å². The van der Waals surface area contributed by atoms with Gasteiger partial charge >= 0.3 is 6.18 Å². The molecule has 2 heterocycles. The van der Waals surface area contributed by atoms with Crippen molar-refractivity contribution in [2.75, 3.05) is 11.9 Å². The van der Waals surface area contributed by atoms with Crippen LogP contribution in [0.25, 0.3) is 10.4 Å². The molecule has 0 aliphatic carbocycles. The summed E-state index contributed by atoms with van der Waals surface area (Å²) >= 11 is 0.946. The van der Waals surface area contributed by atoms with Gasteiger partial charge in [0.1, 0.15) is 9.96 Å². The van der Waals surface area contributed by atoms with Crippen molar-refractivity contribution < 1.29 is 35.6 Å². The summed E-state index contributed by atoms with van der Waals surface area (Å²) in [7, 11) is -8.87. The second kappa shape index (κ2) is 9.27. The molecule has 0 aliphatic rings. The van der Waals surface area contributed by atoms with Gasteiger partial charge < -0.3 is 9.42 Å². The molecule has 0 spiro atoms. The number of halogens is 3. The van der Waals surface area contributed by atoms with Crippen molar-refractivity contribution in [2.45, 2.75) is 17.3 Å². The molecule has 1 atom stereocenters. The van der Waals surface area contributed by atoms with Crippen LogP contribution in [0.15, 0.2) is 52.9 Å². The second-order valence-electron chi connectivity index (χ2n) is 6.87. The number of nitrogens with zero attached hydrogens (tertiary/aromatic N) is 2. The van der Waals surface area contributed by atoms with E-state index < -0.39 is 52.4 Å². The topological polar surface area (TPSA) is 120 Å². The Morgan fingerprint density at radius 2 is 1.94 bits per heavy atom. The molecular formula is C20H15F3N2O5PS2-. The predicted molar refractivity (Wildman–Crippen MR) is 114 cm³/mol. The third-order valence-corrected chi connectivity index (χ3v) is 9.37. The average molecular weight is 515 g/mol. The Bertz CT molecular complexity index is 1360. The van der Waals surface area contributed by atoms with E-state index in [1.54, 1.807) is 31.3 Å². The second-order valence-corrected chi connectivity index (χ2v) is 12.1. The fourth-order valence-electron chi connectivity index (χ4n) is 2.71. The molecule has 0 aliphatic heterocycles. The lowest BCUT2D eigenvalue weighted by molar-refractivity contribution is -0.190. The minimum atomic E-state index is -4.90. The van der Waals surface area contributed by atoms with E-state index in [0.717, 1.165) is 29.2 Å². The molecule has 33 heavy (non-hydrogen) atoms. The zero-order valence-corrected chi connectivity index (χ0v) is 19.4. The molecule has 0 saturated carbocycles. The number of sulfone groups is 1. The number of aromatic nitrogens is 1. The van der Waals surface area contributed by atoms with Crippen molar-refractivity contribution in [3.05, 3.63) is 65.5 Å². The van der Waals surface area contributed by atoms with Crippen LogP contribution in [0, 0.1) is 18.3 Å². The Balaban J connectivity index is 1.73. The SMILES string of the molecule is Cc1ccc(-c2ccc(S(=O)(=O)CCP(=O)([O-])Oc3ccc(C#N)c(C(F)(F)F)c3)s2)cn1. The summed E-state index contributed by atoms with van der Waals surface area (Å²) in [4.78, 5) is 17.0. The molecule has 174 valence electrons. The first-order chi connectivity index (χ1) is 15.3. The quantitative estimate of drug-likeness (QED) is 0.427. The van der Waals surface area contributed by atoms with Crippen LogP contribution in [0.3, 0.4) is 0 Å². The summed E-state index contributed by atoms with van der Waals surface area (Å²) in [5, 5.41) is 8.80. The first-order valence-corrected chi connectivity index (χ1v) is 13.4. The minimum absolute atomic E-state index is 0.0594. The molecular weight excluding hydrogens is 500 g/mol. The fourth-order valence-corrected chi connectivity index (χ4v) is 7.32. The third-order valence-electron chi connectivity index (χ3n) is 4.38. The molecule has 0 amide bonds. The van der Waals surface area contributed by atoms with E-state index in [1.807, 2.05) is 0 Å². The number of rotatable bonds is 7. The Labute approximate surface area is 191 Å². The van der Waals surface area contributed by atoms with Gasteiger partial charge in [-0.15, -0.1) is 11.3 Å². The van der Waals surface area contributed by atoms with Crippen LogP contribution < -0.4 is 9.42 Å². The highest BCUT2D eigenvalue weighted by atomic mass is 32.2. The molecule has 13 heteroatoms. The van der Waals surface area contributed by atoms with Gasteiger partial charge in [-0.1, -0.05) is 6.07 Å². The van der Waals surface area contributed by atoms with Crippen LogP contribution in [-0.4, -0.2) is 25.3 Å². The normalized spacial score (nSPS) is 13.8. The van der Waals surface area contributed by atoms with Crippen LogP contribution in [0.2, 0.25) is 0 Å². The van der Waals surface area contributed by atoms with E-state index in [-0.39, 0.29) is 4.21 Å². The van der Waals surface area contributed by atoms with E-state index in [0.29, 0.717) is 16.5 Å². The first kappa shape index (κ1) is 24.9. The van der Waals surface area contributed by atoms with E-state index in [4.69, 9.17) is 5.26 Å². The highest BCUT2D eigenvalue weighted by Gasteiger charge is 2.34. The molecule has 3 rings (SSSR count). The van der Waals surface area contributed by atoms with Gasteiger partial charge in [0.05, 0.1) is 22.9 Å². The standard InChI is InChI=1S/C20H16F3N2O5PS2/c1-13-2-3-15(12-25-13)18-6-7-19(32-18)33(28,29)9-8-31(26,27)30-16-5-4-14(11-24)17(10-16)20(21,22)23/h2-7,10,12H,8-9H2,1H3,(H,26,27)/p-1. The van der Waals surface area contributed by atoms with E-state index in [9.17, 15) is 31.0 Å².